The first-order valence-electron chi connectivity index (χ1n) is 10.1. The van der Waals surface area contributed by atoms with Gasteiger partial charge in [-0.05, 0) is 74.6 Å². The number of amides is 1. The SMILES string of the molecule is CCOc1ccc(N(CC(=O)NC2CCCC2)S(=O)(=O)c2ccc(SC)cc2)cc1. The second-order valence-electron chi connectivity index (χ2n) is 7.16. The quantitative estimate of drug-likeness (QED) is 0.586. The molecule has 6 nitrogen and oxygen atoms in total. The molecule has 3 rings (SSSR count). The minimum Gasteiger partial charge on any atom is -0.494 e. The highest BCUT2D eigenvalue weighted by Crippen LogP contribution is 2.27. The van der Waals surface area contributed by atoms with E-state index in [0.717, 1.165) is 30.6 Å². The van der Waals surface area contributed by atoms with Gasteiger partial charge < -0.3 is 10.1 Å². The lowest BCUT2D eigenvalue weighted by Gasteiger charge is -2.25. The number of hydrogen-bond acceptors (Lipinski definition) is 5. The Bertz CT molecular complexity index is 938. The number of benzene rings is 2. The van der Waals surface area contributed by atoms with E-state index in [9.17, 15) is 13.2 Å². The van der Waals surface area contributed by atoms with E-state index in [0.29, 0.717) is 18.0 Å². The average Bonchev–Trinajstić information content (AvgIpc) is 3.26. The second-order valence-corrected chi connectivity index (χ2v) is 9.90. The third-order valence-electron chi connectivity index (χ3n) is 5.09. The molecule has 0 aliphatic heterocycles. The zero-order valence-corrected chi connectivity index (χ0v) is 19.0. The monoisotopic (exact) mass is 448 g/mol. The van der Waals surface area contributed by atoms with Gasteiger partial charge in [0.15, 0.2) is 0 Å². The molecule has 0 saturated heterocycles. The number of carbonyl (C=O) groups is 1. The highest BCUT2D eigenvalue weighted by atomic mass is 32.2. The molecule has 0 aromatic heterocycles. The number of thioether (sulfide) groups is 1. The van der Waals surface area contributed by atoms with Gasteiger partial charge in [-0.2, -0.15) is 0 Å². The summed E-state index contributed by atoms with van der Waals surface area (Å²) >= 11 is 1.54. The predicted octanol–water partition coefficient (Wildman–Crippen LogP) is 4.06. The predicted molar refractivity (Wildman–Crippen MR) is 121 cm³/mol. The van der Waals surface area contributed by atoms with E-state index in [-0.39, 0.29) is 23.4 Å². The molecule has 0 atom stereocenters. The Morgan fingerprint density at radius 2 is 1.73 bits per heavy atom. The minimum absolute atomic E-state index is 0.128. The topological polar surface area (TPSA) is 75.7 Å². The molecule has 162 valence electrons. The molecule has 1 aliphatic rings. The Morgan fingerprint density at radius 1 is 1.10 bits per heavy atom. The highest BCUT2D eigenvalue weighted by Gasteiger charge is 2.28. The standard InChI is InChI=1S/C22H28N2O4S2/c1-3-28-19-10-8-18(9-11-19)24(16-22(25)23-17-6-4-5-7-17)30(26,27)21-14-12-20(29-2)13-15-21/h8-15,17H,3-7,16H2,1-2H3,(H,23,25). The number of anilines is 1. The largest absolute Gasteiger partial charge is 0.494 e. The molecule has 0 radical (unpaired) electrons. The second kappa shape index (κ2) is 10.2. The van der Waals surface area contributed by atoms with Crippen LogP contribution in [0.1, 0.15) is 32.6 Å². The molecular weight excluding hydrogens is 420 g/mol. The molecule has 0 bridgehead atoms. The summed E-state index contributed by atoms with van der Waals surface area (Å²) in [6.07, 6.45) is 6.00. The van der Waals surface area contributed by atoms with Crippen LogP contribution in [0.25, 0.3) is 0 Å². The van der Waals surface area contributed by atoms with Crippen molar-refractivity contribution >= 4 is 33.4 Å². The van der Waals surface area contributed by atoms with Crippen molar-refractivity contribution in [3.8, 4) is 5.75 Å². The third kappa shape index (κ3) is 5.49. The van der Waals surface area contributed by atoms with Gasteiger partial charge in [0.2, 0.25) is 5.91 Å². The molecular formula is C22H28N2O4S2. The van der Waals surface area contributed by atoms with Crippen molar-refractivity contribution in [1.29, 1.82) is 0 Å². The summed E-state index contributed by atoms with van der Waals surface area (Å²) in [5, 5.41) is 2.98. The van der Waals surface area contributed by atoms with Crippen molar-refractivity contribution in [2.24, 2.45) is 0 Å². The summed E-state index contributed by atoms with van der Waals surface area (Å²) in [6.45, 7) is 2.14. The van der Waals surface area contributed by atoms with Gasteiger partial charge in [0.1, 0.15) is 12.3 Å². The van der Waals surface area contributed by atoms with Crippen molar-refractivity contribution in [3.63, 3.8) is 0 Å². The van der Waals surface area contributed by atoms with Gasteiger partial charge in [-0.15, -0.1) is 11.8 Å². The maximum atomic E-state index is 13.4. The summed E-state index contributed by atoms with van der Waals surface area (Å²) in [5.74, 6) is 0.360. The fourth-order valence-electron chi connectivity index (χ4n) is 3.54. The normalized spacial score (nSPS) is 14.5. The average molecular weight is 449 g/mol. The fourth-order valence-corrected chi connectivity index (χ4v) is 5.37. The smallest absolute Gasteiger partial charge is 0.264 e. The lowest BCUT2D eigenvalue weighted by atomic mass is 10.2. The van der Waals surface area contributed by atoms with E-state index >= 15 is 0 Å². The molecule has 1 amide bonds. The lowest BCUT2D eigenvalue weighted by molar-refractivity contribution is -0.120. The van der Waals surface area contributed by atoms with Crippen molar-refractivity contribution in [2.45, 2.75) is 48.4 Å². The van der Waals surface area contributed by atoms with Crippen LogP contribution in [-0.4, -0.2) is 39.8 Å². The van der Waals surface area contributed by atoms with Crippen molar-refractivity contribution in [2.75, 3.05) is 23.7 Å². The Labute approximate surface area is 183 Å². The van der Waals surface area contributed by atoms with Gasteiger partial charge in [-0.1, -0.05) is 12.8 Å². The Kier molecular flexibility index (Phi) is 7.66. The van der Waals surface area contributed by atoms with Crippen LogP contribution in [0.4, 0.5) is 5.69 Å². The van der Waals surface area contributed by atoms with E-state index in [1.807, 2.05) is 13.2 Å². The van der Waals surface area contributed by atoms with Gasteiger partial charge in [-0.25, -0.2) is 8.42 Å². The number of rotatable bonds is 9. The molecule has 2 aromatic rings. The van der Waals surface area contributed by atoms with Crippen LogP contribution in [0.2, 0.25) is 0 Å². The van der Waals surface area contributed by atoms with Crippen LogP contribution in [-0.2, 0) is 14.8 Å². The van der Waals surface area contributed by atoms with Crippen LogP contribution < -0.4 is 14.4 Å². The highest BCUT2D eigenvalue weighted by molar-refractivity contribution is 7.98. The number of hydrogen-bond donors (Lipinski definition) is 1. The zero-order chi connectivity index (χ0) is 21.6. The van der Waals surface area contributed by atoms with E-state index < -0.39 is 10.0 Å². The Balaban J connectivity index is 1.89. The molecule has 1 N–H and O–H groups in total. The van der Waals surface area contributed by atoms with Crippen LogP contribution in [0, 0.1) is 0 Å². The molecule has 0 unspecified atom stereocenters. The fraction of sp³-hybridized carbons (Fsp3) is 0.409. The number of nitrogens with one attached hydrogen (secondary N) is 1. The number of sulfonamides is 1. The van der Waals surface area contributed by atoms with Gasteiger partial charge in [-0.3, -0.25) is 9.10 Å². The van der Waals surface area contributed by atoms with Crippen molar-refractivity contribution in [3.05, 3.63) is 48.5 Å². The van der Waals surface area contributed by atoms with Crippen molar-refractivity contribution in [1.82, 2.24) is 5.32 Å². The van der Waals surface area contributed by atoms with E-state index in [1.54, 1.807) is 60.3 Å². The van der Waals surface area contributed by atoms with Crippen LogP contribution >= 0.6 is 11.8 Å². The first kappa shape index (κ1) is 22.5. The number of carbonyl (C=O) groups excluding carboxylic acids is 1. The van der Waals surface area contributed by atoms with Crippen LogP contribution in [0.15, 0.2) is 58.3 Å². The summed E-state index contributed by atoms with van der Waals surface area (Å²) in [4.78, 5) is 13.8. The molecule has 0 spiro atoms. The van der Waals surface area contributed by atoms with Gasteiger partial charge in [0.25, 0.3) is 10.0 Å². The zero-order valence-electron chi connectivity index (χ0n) is 17.3. The molecule has 8 heteroatoms. The summed E-state index contributed by atoms with van der Waals surface area (Å²) in [6, 6.07) is 13.6. The van der Waals surface area contributed by atoms with Gasteiger partial charge in [0, 0.05) is 10.9 Å². The molecule has 1 fully saturated rings. The third-order valence-corrected chi connectivity index (χ3v) is 7.62. The van der Waals surface area contributed by atoms with E-state index in [2.05, 4.69) is 5.32 Å². The van der Waals surface area contributed by atoms with E-state index in [1.165, 1.54) is 4.31 Å². The summed E-state index contributed by atoms with van der Waals surface area (Å²) in [5.41, 5.74) is 0.425. The maximum absolute atomic E-state index is 13.4. The minimum atomic E-state index is -3.91. The molecule has 0 heterocycles. The summed E-state index contributed by atoms with van der Waals surface area (Å²) < 4.78 is 33.5. The van der Waals surface area contributed by atoms with Crippen LogP contribution in [0.5, 0.6) is 5.75 Å². The molecule has 30 heavy (non-hydrogen) atoms. The van der Waals surface area contributed by atoms with E-state index in [4.69, 9.17) is 4.74 Å². The molecule has 2 aromatic carbocycles. The Morgan fingerprint density at radius 3 is 2.30 bits per heavy atom. The molecule has 1 saturated carbocycles. The van der Waals surface area contributed by atoms with Gasteiger partial charge in [0.05, 0.1) is 17.2 Å². The first-order valence-corrected chi connectivity index (χ1v) is 12.8. The summed E-state index contributed by atoms with van der Waals surface area (Å²) in [7, 11) is -3.91. The van der Waals surface area contributed by atoms with Gasteiger partial charge >= 0.3 is 0 Å². The molecule has 1 aliphatic carbocycles. The number of ether oxygens (including phenoxy) is 1. The maximum Gasteiger partial charge on any atom is 0.264 e. The Hall–Kier alpha value is -2.19. The number of nitrogens with zero attached hydrogens (tertiary/aromatic N) is 1. The first-order chi connectivity index (χ1) is 14.4. The lowest BCUT2D eigenvalue weighted by Crippen LogP contribution is -2.43. The van der Waals surface area contributed by atoms with Crippen LogP contribution in [0.3, 0.4) is 0 Å². The van der Waals surface area contributed by atoms with Crippen molar-refractivity contribution < 1.29 is 17.9 Å².